The molecule has 3 N–H and O–H groups in total. The summed E-state index contributed by atoms with van der Waals surface area (Å²) < 4.78 is 1.81. The standard InChI is InChI=1S/C17H23N5/c1-22-12-16(11-21-22)15-7-3-6-14(8-15)10-20-17(18)19-9-13-4-2-5-13/h3,6-8,11-13H,2,4-5,9-10H2,1H3,(H3,18,19,20). The zero-order valence-corrected chi connectivity index (χ0v) is 13.0. The summed E-state index contributed by atoms with van der Waals surface area (Å²) in [5, 5.41) is 7.43. The van der Waals surface area contributed by atoms with Crippen LogP contribution in [0.15, 0.2) is 41.7 Å². The number of guanidine groups is 1. The maximum atomic E-state index is 5.93. The number of nitrogens with two attached hydrogens (primary N) is 1. The summed E-state index contributed by atoms with van der Waals surface area (Å²) in [6, 6.07) is 8.34. The van der Waals surface area contributed by atoms with Gasteiger partial charge in [-0.25, -0.2) is 4.99 Å². The van der Waals surface area contributed by atoms with Gasteiger partial charge in [-0.3, -0.25) is 4.68 Å². The molecule has 0 bridgehead atoms. The van der Waals surface area contributed by atoms with Crippen molar-refractivity contribution in [3.8, 4) is 11.1 Å². The van der Waals surface area contributed by atoms with Crippen LogP contribution >= 0.6 is 0 Å². The molecule has 1 heterocycles. The van der Waals surface area contributed by atoms with E-state index < -0.39 is 0 Å². The number of aromatic nitrogens is 2. The number of nitrogens with one attached hydrogen (secondary N) is 1. The number of nitrogens with zero attached hydrogens (tertiary/aromatic N) is 3. The van der Waals surface area contributed by atoms with Gasteiger partial charge in [-0.2, -0.15) is 5.10 Å². The Bertz CT molecular complexity index is 655. The van der Waals surface area contributed by atoms with Crippen LogP contribution in [0.5, 0.6) is 0 Å². The molecule has 1 aromatic carbocycles. The minimum atomic E-state index is 0.540. The normalized spacial score (nSPS) is 15.6. The van der Waals surface area contributed by atoms with Crippen LogP contribution in [0, 0.1) is 5.92 Å². The summed E-state index contributed by atoms with van der Waals surface area (Å²) in [5.74, 6) is 1.32. The molecule has 0 amide bonds. The number of rotatable bonds is 5. The molecule has 1 fully saturated rings. The number of hydrogen-bond acceptors (Lipinski definition) is 2. The van der Waals surface area contributed by atoms with E-state index in [0.717, 1.165) is 29.2 Å². The third-order valence-corrected chi connectivity index (χ3v) is 4.19. The fourth-order valence-corrected chi connectivity index (χ4v) is 2.60. The van der Waals surface area contributed by atoms with E-state index in [1.807, 2.05) is 30.2 Å². The van der Waals surface area contributed by atoms with Crippen molar-refractivity contribution in [3.63, 3.8) is 0 Å². The first-order valence-electron chi connectivity index (χ1n) is 7.82. The van der Waals surface area contributed by atoms with Crippen LogP contribution in [0.1, 0.15) is 24.8 Å². The number of benzene rings is 1. The maximum Gasteiger partial charge on any atom is 0.188 e. The third-order valence-electron chi connectivity index (χ3n) is 4.19. The molecule has 0 spiro atoms. The summed E-state index contributed by atoms with van der Waals surface area (Å²) >= 11 is 0. The van der Waals surface area contributed by atoms with Crippen molar-refractivity contribution < 1.29 is 0 Å². The third kappa shape index (κ3) is 3.67. The van der Waals surface area contributed by atoms with Gasteiger partial charge in [0, 0.05) is 25.4 Å². The maximum absolute atomic E-state index is 5.93. The fourth-order valence-electron chi connectivity index (χ4n) is 2.60. The van der Waals surface area contributed by atoms with Crippen molar-refractivity contribution in [1.82, 2.24) is 15.1 Å². The predicted molar refractivity (Wildman–Crippen MR) is 89.3 cm³/mol. The average molecular weight is 297 g/mol. The van der Waals surface area contributed by atoms with Crippen molar-refractivity contribution >= 4 is 5.96 Å². The van der Waals surface area contributed by atoms with Crippen LogP contribution in [0.25, 0.3) is 11.1 Å². The minimum Gasteiger partial charge on any atom is -0.370 e. The van der Waals surface area contributed by atoms with Crippen LogP contribution in [-0.4, -0.2) is 22.3 Å². The summed E-state index contributed by atoms with van der Waals surface area (Å²) in [7, 11) is 1.92. The van der Waals surface area contributed by atoms with E-state index >= 15 is 0 Å². The predicted octanol–water partition coefficient (Wildman–Crippen LogP) is 2.29. The molecule has 0 unspecified atom stereocenters. The van der Waals surface area contributed by atoms with Crippen LogP contribution < -0.4 is 11.1 Å². The molecule has 5 nitrogen and oxygen atoms in total. The van der Waals surface area contributed by atoms with Gasteiger partial charge in [0.1, 0.15) is 0 Å². The van der Waals surface area contributed by atoms with E-state index in [9.17, 15) is 0 Å². The van der Waals surface area contributed by atoms with Crippen LogP contribution in [0.4, 0.5) is 0 Å². The fraction of sp³-hybridized carbons (Fsp3) is 0.412. The van der Waals surface area contributed by atoms with Gasteiger partial charge in [-0.15, -0.1) is 0 Å². The van der Waals surface area contributed by atoms with E-state index in [0.29, 0.717) is 12.5 Å². The zero-order valence-electron chi connectivity index (χ0n) is 13.0. The Balaban J connectivity index is 1.59. The van der Waals surface area contributed by atoms with Crippen molar-refractivity contribution in [2.45, 2.75) is 25.8 Å². The number of aliphatic imine (C=N–C) groups is 1. The summed E-state index contributed by atoms with van der Waals surface area (Å²) in [6.45, 7) is 1.54. The lowest BCUT2D eigenvalue weighted by molar-refractivity contribution is 0.315. The van der Waals surface area contributed by atoms with E-state index in [1.54, 1.807) is 0 Å². The topological polar surface area (TPSA) is 68.2 Å². The van der Waals surface area contributed by atoms with Gasteiger partial charge < -0.3 is 11.1 Å². The quantitative estimate of drug-likeness (QED) is 0.657. The lowest BCUT2D eigenvalue weighted by atomic mass is 9.85. The highest BCUT2D eigenvalue weighted by Gasteiger charge is 2.16. The van der Waals surface area contributed by atoms with Crippen LogP contribution in [-0.2, 0) is 13.6 Å². The van der Waals surface area contributed by atoms with E-state index in [4.69, 9.17) is 5.73 Å². The number of aryl methyl sites for hydroxylation is 1. The van der Waals surface area contributed by atoms with Crippen molar-refractivity contribution in [3.05, 3.63) is 42.2 Å². The van der Waals surface area contributed by atoms with Gasteiger partial charge in [-0.1, -0.05) is 24.6 Å². The second-order valence-electron chi connectivity index (χ2n) is 5.98. The largest absolute Gasteiger partial charge is 0.370 e. The summed E-state index contributed by atoms with van der Waals surface area (Å²) in [5.41, 5.74) is 9.34. The highest BCUT2D eigenvalue weighted by atomic mass is 15.2. The van der Waals surface area contributed by atoms with Gasteiger partial charge in [0.15, 0.2) is 5.96 Å². The monoisotopic (exact) mass is 297 g/mol. The second kappa shape index (κ2) is 6.64. The highest BCUT2D eigenvalue weighted by molar-refractivity contribution is 5.77. The first-order valence-corrected chi connectivity index (χ1v) is 7.82. The second-order valence-corrected chi connectivity index (χ2v) is 5.98. The van der Waals surface area contributed by atoms with Crippen molar-refractivity contribution in [1.29, 1.82) is 0 Å². The zero-order chi connectivity index (χ0) is 15.4. The van der Waals surface area contributed by atoms with E-state index in [1.165, 1.54) is 19.3 Å². The van der Waals surface area contributed by atoms with Crippen LogP contribution in [0.3, 0.4) is 0 Å². The van der Waals surface area contributed by atoms with Crippen molar-refractivity contribution in [2.24, 2.45) is 23.7 Å². The lowest BCUT2D eigenvalue weighted by Crippen LogP contribution is -2.37. The smallest absolute Gasteiger partial charge is 0.188 e. The lowest BCUT2D eigenvalue weighted by Gasteiger charge is -2.25. The van der Waals surface area contributed by atoms with Gasteiger partial charge in [0.2, 0.25) is 0 Å². The summed E-state index contributed by atoms with van der Waals surface area (Å²) in [6.07, 6.45) is 7.86. The Morgan fingerprint density at radius 1 is 1.41 bits per heavy atom. The molecule has 116 valence electrons. The molecule has 0 aliphatic heterocycles. The first-order chi connectivity index (χ1) is 10.7. The number of hydrogen-bond donors (Lipinski definition) is 2. The molecule has 1 saturated carbocycles. The molecule has 1 aliphatic carbocycles. The van der Waals surface area contributed by atoms with E-state index in [-0.39, 0.29) is 0 Å². The molecule has 1 aromatic heterocycles. The molecule has 0 saturated heterocycles. The Morgan fingerprint density at radius 2 is 2.27 bits per heavy atom. The molecule has 2 aromatic rings. The average Bonchev–Trinajstić information content (AvgIpc) is 2.90. The Hall–Kier alpha value is -2.30. The van der Waals surface area contributed by atoms with Gasteiger partial charge in [-0.05, 0) is 36.0 Å². The highest BCUT2D eigenvalue weighted by Crippen LogP contribution is 2.25. The molecule has 5 heteroatoms. The minimum absolute atomic E-state index is 0.540. The molecule has 3 rings (SSSR count). The molecule has 0 radical (unpaired) electrons. The molecular formula is C17H23N5. The molecular weight excluding hydrogens is 274 g/mol. The Morgan fingerprint density at radius 3 is 2.95 bits per heavy atom. The first kappa shape index (κ1) is 14.6. The van der Waals surface area contributed by atoms with Crippen molar-refractivity contribution in [2.75, 3.05) is 6.54 Å². The van der Waals surface area contributed by atoms with Gasteiger partial charge in [0.25, 0.3) is 0 Å². The summed E-state index contributed by atoms with van der Waals surface area (Å²) in [4.78, 5) is 4.43. The Labute approximate surface area is 131 Å². The molecule has 0 atom stereocenters. The molecule has 22 heavy (non-hydrogen) atoms. The van der Waals surface area contributed by atoms with Crippen LogP contribution in [0.2, 0.25) is 0 Å². The van der Waals surface area contributed by atoms with Gasteiger partial charge in [0.05, 0.1) is 12.7 Å². The Kier molecular flexibility index (Phi) is 4.42. The molecule has 1 aliphatic rings. The SMILES string of the molecule is Cn1cc(-c2cccc(CN=C(N)NCC3CCC3)c2)cn1. The van der Waals surface area contributed by atoms with E-state index in [2.05, 4.69) is 33.6 Å². The van der Waals surface area contributed by atoms with Gasteiger partial charge >= 0.3 is 0 Å².